The summed E-state index contributed by atoms with van der Waals surface area (Å²) in [4.78, 5) is 49.9. The molecule has 0 fully saturated rings. The Labute approximate surface area is 281 Å². The largest absolute Gasteiger partial charge is 0.289 e. The van der Waals surface area contributed by atoms with Gasteiger partial charge in [0.2, 0.25) is 0 Å². The molecule has 6 rings (SSSR count). The highest BCUT2D eigenvalue weighted by molar-refractivity contribution is 6.12. The summed E-state index contributed by atoms with van der Waals surface area (Å²) < 4.78 is 0. The summed E-state index contributed by atoms with van der Waals surface area (Å²) in [6, 6.07) is 43.7. The summed E-state index contributed by atoms with van der Waals surface area (Å²) >= 11 is 0. The van der Waals surface area contributed by atoms with Gasteiger partial charge in [0.25, 0.3) is 0 Å². The van der Waals surface area contributed by atoms with Crippen LogP contribution in [-0.2, 0) is 0 Å². The number of carbonyl (C=O) groups excluding carboxylic acids is 4. The van der Waals surface area contributed by atoms with E-state index in [4.69, 9.17) is 0 Å². The average Bonchev–Trinajstić information content (AvgIpc) is 3.12. The molecule has 236 valence electrons. The number of hydrogen-bond donors (Lipinski definition) is 0. The van der Waals surface area contributed by atoms with Gasteiger partial charge in [-0.1, -0.05) is 162 Å². The van der Waals surface area contributed by atoms with Gasteiger partial charge in [-0.15, -0.1) is 0 Å². The molecule has 0 aliphatic heterocycles. The Kier molecular flexibility index (Phi) is 10.5. The smallest absolute Gasteiger partial charge is 0.193 e. The van der Waals surface area contributed by atoms with Crippen LogP contribution in [0.25, 0.3) is 0 Å². The molecule has 0 saturated heterocycles. The molecule has 0 N–H and O–H groups in total. The number of aryl methyl sites for hydroxylation is 4. The third-order valence-electron chi connectivity index (χ3n) is 8.04. The molecule has 48 heavy (non-hydrogen) atoms. The van der Waals surface area contributed by atoms with Crippen LogP contribution in [0.5, 0.6) is 0 Å². The first-order valence-electron chi connectivity index (χ1n) is 15.7. The van der Waals surface area contributed by atoms with Crippen molar-refractivity contribution in [3.63, 3.8) is 0 Å². The normalized spacial score (nSPS) is 10.4. The first-order valence-corrected chi connectivity index (χ1v) is 15.7. The predicted molar refractivity (Wildman–Crippen MR) is 191 cm³/mol. The van der Waals surface area contributed by atoms with Crippen LogP contribution in [0.15, 0.2) is 146 Å². The molecule has 0 atom stereocenters. The van der Waals surface area contributed by atoms with Crippen molar-refractivity contribution in [3.8, 4) is 0 Å². The van der Waals surface area contributed by atoms with E-state index in [1.165, 1.54) is 0 Å². The van der Waals surface area contributed by atoms with E-state index < -0.39 is 0 Å². The van der Waals surface area contributed by atoms with E-state index in [0.717, 1.165) is 22.3 Å². The number of ketones is 4. The average molecular weight is 629 g/mol. The summed E-state index contributed by atoms with van der Waals surface area (Å²) in [5.74, 6) is -0.147. The molecule has 0 aromatic heterocycles. The standard InChI is InChI=1S/2C22H18O2/c1-15-3-7-17(8-4-15)21(23)19-11-13-20(14-12-19)22(24)18-9-5-16(2)6-10-18;1-15-6-8-17(9-7-15)21(23)18-10-12-19(13-11-18)22(24)20-5-3-4-16(2)14-20/h2*3-14H,1-2H3. The van der Waals surface area contributed by atoms with Gasteiger partial charge in [-0.05, 0) is 33.8 Å². The second-order valence-corrected chi connectivity index (χ2v) is 11.9. The number of carbonyl (C=O) groups is 4. The van der Waals surface area contributed by atoms with Gasteiger partial charge in [-0.2, -0.15) is 0 Å². The van der Waals surface area contributed by atoms with Crippen molar-refractivity contribution >= 4 is 23.1 Å². The quantitative estimate of drug-likeness (QED) is 0.158. The van der Waals surface area contributed by atoms with E-state index in [1.54, 1.807) is 54.6 Å². The predicted octanol–water partition coefficient (Wildman–Crippen LogP) is 9.53. The van der Waals surface area contributed by atoms with Crippen molar-refractivity contribution in [1.29, 1.82) is 0 Å². The minimum atomic E-state index is -0.0377. The van der Waals surface area contributed by atoms with E-state index in [1.807, 2.05) is 119 Å². The maximum Gasteiger partial charge on any atom is 0.193 e. The lowest BCUT2D eigenvalue weighted by atomic mass is 9.98. The molecule has 0 saturated carbocycles. The van der Waals surface area contributed by atoms with Gasteiger partial charge in [-0.3, -0.25) is 19.2 Å². The lowest BCUT2D eigenvalue weighted by molar-refractivity contribution is 0.102. The zero-order valence-corrected chi connectivity index (χ0v) is 27.5. The van der Waals surface area contributed by atoms with E-state index in [0.29, 0.717) is 44.5 Å². The topological polar surface area (TPSA) is 68.3 Å². The SMILES string of the molecule is Cc1ccc(C(=O)c2ccc(C(=O)c3ccc(C)cc3)cc2)cc1.Cc1ccc(C(=O)c2ccc(C(=O)c3cccc(C)c3)cc2)cc1. The third-order valence-corrected chi connectivity index (χ3v) is 8.04. The van der Waals surface area contributed by atoms with E-state index in [9.17, 15) is 19.2 Å². The maximum atomic E-state index is 12.5. The molecule has 6 aromatic carbocycles. The molecule has 0 spiro atoms. The van der Waals surface area contributed by atoms with E-state index in [-0.39, 0.29) is 23.1 Å². The van der Waals surface area contributed by atoms with Crippen LogP contribution in [0.4, 0.5) is 0 Å². The summed E-state index contributed by atoms with van der Waals surface area (Å²) in [5.41, 5.74) is 9.34. The molecular formula is C44H36O4. The van der Waals surface area contributed by atoms with Crippen LogP contribution in [0.2, 0.25) is 0 Å². The molecular weight excluding hydrogens is 592 g/mol. The highest BCUT2D eigenvalue weighted by Gasteiger charge is 2.14. The monoisotopic (exact) mass is 628 g/mol. The van der Waals surface area contributed by atoms with Crippen LogP contribution < -0.4 is 0 Å². The molecule has 0 heterocycles. The van der Waals surface area contributed by atoms with Gasteiger partial charge in [0.1, 0.15) is 0 Å². The Hall–Kier alpha value is -6.00. The van der Waals surface area contributed by atoms with Gasteiger partial charge >= 0.3 is 0 Å². The summed E-state index contributed by atoms with van der Waals surface area (Å²) in [6.45, 7) is 7.92. The molecule has 0 unspecified atom stereocenters. The Bertz CT molecular complexity index is 1990. The second kappa shape index (κ2) is 15.1. The molecule has 0 aliphatic rings. The van der Waals surface area contributed by atoms with Crippen LogP contribution >= 0.6 is 0 Å². The van der Waals surface area contributed by atoms with Crippen molar-refractivity contribution in [2.75, 3.05) is 0 Å². The molecule has 0 radical (unpaired) electrons. The molecule has 4 nitrogen and oxygen atoms in total. The van der Waals surface area contributed by atoms with E-state index >= 15 is 0 Å². The maximum absolute atomic E-state index is 12.5. The molecule has 0 aliphatic carbocycles. The highest BCUT2D eigenvalue weighted by atomic mass is 16.1. The fraction of sp³-hybridized carbons (Fsp3) is 0.0909. The number of rotatable bonds is 8. The second-order valence-electron chi connectivity index (χ2n) is 11.9. The Balaban J connectivity index is 0.000000188. The van der Waals surface area contributed by atoms with Crippen LogP contribution in [-0.4, -0.2) is 23.1 Å². The minimum absolute atomic E-state index is 0.0342. The number of benzene rings is 6. The fourth-order valence-corrected chi connectivity index (χ4v) is 5.11. The third kappa shape index (κ3) is 8.23. The first kappa shape index (κ1) is 33.4. The zero-order chi connectivity index (χ0) is 34.2. The summed E-state index contributed by atoms with van der Waals surface area (Å²) in [6.07, 6.45) is 0. The summed E-state index contributed by atoms with van der Waals surface area (Å²) in [7, 11) is 0. The molecule has 4 heteroatoms. The Morgan fingerprint density at radius 3 is 0.750 bits per heavy atom. The minimum Gasteiger partial charge on any atom is -0.289 e. The lowest BCUT2D eigenvalue weighted by Crippen LogP contribution is -2.04. The molecule has 0 bridgehead atoms. The van der Waals surface area contributed by atoms with Gasteiger partial charge in [0.05, 0.1) is 0 Å². The molecule has 0 amide bonds. The molecule has 6 aromatic rings. The van der Waals surface area contributed by atoms with Gasteiger partial charge in [0.15, 0.2) is 23.1 Å². The number of hydrogen-bond acceptors (Lipinski definition) is 4. The Morgan fingerprint density at radius 2 is 0.500 bits per heavy atom. The van der Waals surface area contributed by atoms with Crippen LogP contribution in [0, 0.1) is 27.7 Å². The van der Waals surface area contributed by atoms with Gasteiger partial charge < -0.3 is 0 Å². The van der Waals surface area contributed by atoms with Gasteiger partial charge in [-0.25, -0.2) is 0 Å². The van der Waals surface area contributed by atoms with Crippen molar-refractivity contribution in [2.24, 2.45) is 0 Å². The fourth-order valence-electron chi connectivity index (χ4n) is 5.11. The van der Waals surface area contributed by atoms with Gasteiger partial charge in [0, 0.05) is 44.5 Å². The Morgan fingerprint density at radius 1 is 0.271 bits per heavy atom. The van der Waals surface area contributed by atoms with Crippen LogP contribution in [0.3, 0.4) is 0 Å². The van der Waals surface area contributed by atoms with Crippen molar-refractivity contribution in [3.05, 3.63) is 212 Å². The zero-order valence-electron chi connectivity index (χ0n) is 27.5. The lowest BCUT2D eigenvalue weighted by Gasteiger charge is -2.05. The first-order chi connectivity index (χ1) is 23.1. The van der Waals surface area contributed by atoms with Crippen LogP contribution in [0.1, 0.15) is 85.9 Å². The van der Waals surface area contributed by atoms with Crippen molar-refractivity contribution < 1.29 is 19.2 Å². The van der Waals surface area contributed by atoms with Crippen molar-refractivity contribution in [2.45, 2.75) is 27.7 Å². The summed E-state index contributed by atoms with van der Waals surface area (Å²) in [5, 5.41) is 0. The van der Waals surface area contributed by atoms with Crippen molar-refractivity contribution in [1.82, 2.24) is 0 Å². The van der Waals surface area contributed by atoms with E-state index in [2.05, 4.69) is 0 Å². The highest BCUT2D eigenvalue weighted by Crippen LogP contribution is 2.17.